The predicted octanol–water partition coefficient (Wildman–Crippen LogP) is 6.44. The third kappa shape index (κ3) is 3.79. The molecule has 0 radical (unpaired) electrons. The van der Waals surface area contributed by atoms with E-state index in [4.69, 9.17) is 9.72 Å². The number of pyridine rings is 1. The van der Waals surface area contributed by atoms with Crippen LogP contribution in [0, 0.1) is 13.8 Å². The van der Waals surface area contributed by atoms with Crippen molar-refractivity contribution in [3.8, 4) is 17.0 Å². The molecule has 0 aliphatic heterocycles. The van der Waals surface area contributed by atoms with Crippen molar-refractivity contribution in [2.24, 2.45) is 0 Å². The summed E-state index contributed by atoms with van der Waals surface area (Å²) in [5.41, 5.74) is 8.16. The van der Waals surface area contributed by atoms with E-state index in [0.29, 0.717) is 0 Å². The number of halogens is 1. The van der Waals surface area contributed by atoms with Crippen LogP contribution < -0.4 is 4.74 Å². The fourth-order valence-corrected chi connectivity index (χ4v) is 3.73. The number of rotatable bonds is 5. The average molecular weight is 405 g/mol. The Balaban J connectivity index is 0.00000240. The van der Waals surface area contributed by atoms with E-state index in [1.165, 1.54) is 27.7 Å². The molecule has 0 unspecified atom stereocenters. The first-order valence-corrected chi connectivity index (χ1v) is 9.42. The van der Waals surface area contributed by atoms with Gasteiger partial charge >= 0.3 is 0 Å². The van der Waals surface area contributed by atoms with Crippen LogP contribution in [0.4, 0.5) is 0 Å². The summed E-state index contributed by atoms with van der Waals surface area (Å²) in [7, 11) is 1.70. The summed E-state index contributed by atoms with van der Waals surface area (Å²) in [5, 5.41) is 1.25. The Labute approximate surface area is 178 Å². The minimum Gasteiger partial charge on any atom is -0.497 e. The molecule has 3 nitrogen and oxygen atoms in total. The zero-order valence-corrected chi connectivity index (χ0v) is 17.8. The third-order valence-corrected chi connectivity index (χ3v) is 5.44. The van der Waals surface area contributed by atoms with Gasteiger partial charge in [-0.2, -0.15) is 0 Å². The maximum atomic E-state index is 5.40. The smallest absolute Gasteiger partial charge is 0.119 e. The highest BCUT2D eigenvalue weighted by Crippen LogP contribution is 2.33. The molecule has 0 spiro atoms. The second-order valence-corrected chi connectivity index (χ2v) is 7.03. The summed E-state index contributed by atoms with van der Waals surface area (Å²) in [6.07, 6.45) is 3.76. The SMILES string of the molecule is C=Cc1ccc(-c2nccc3c(C)c(C)n(Cc4cccc(OC)c4)c23)cc1.Cl. The summed E-state index contributed by atoms with van der Waals surface area (Å²) in [6.45, 7) is 8.98. The summed E-state index contributed by atoms with van der Waals surface area (Å²) >= 11 is 0. The van der Waals surface area contributed by atoms with Gasteiger partial charge in [-0.05, 0) is 48.7 Å². The van der Waals surface area contributed by atoms with Gasteiger partial charge in [-0.3, -0.25) is 4.98 Å². The van der Waals surface area contributed by atoms with E-state index in [1.54, 1.807) is 7.11 Å². The molecule has 0 saturated carbocycles. The number of aryl methyl sites for hydroxylation is 1. The Morgan fingerprint density at radius 2 is 1.83 bits per heavy atom. The average Bonchev–Trinajstić information content (AvgIpc) is 2.99. The molecular weight excluding hydrogens is 380 g/mol. The highest BCUT2D eigenvalue weighted by atomic mass is 35.5. The molecule has 2 aromatic carbocycles. The van der Waals surface area contributed by atoms with Crippen LogP contribution in [0.15, 0.2) is 67.4 Å². The zero-order valence-electron chi connectivity index (χ0n) is 17.0. The van der Waals surface area contributed by atoms with Crippen molar-refractivity contribution in [1.29, 1.82) is 0 Å². The van der Waals surface area contributed by atoms with Crippen molar-refractivity contribution in [1.82, 2.24) is 9.55 Å². The van der Waals surface area contributed by atoms with Crippen molar-refractivity contribution in [2.45, 2.75) is 20.4 Å². The van der Waals surface area contributed by atoms with Gasteiger partial charge in [0.2, 0.25) is 0 Å². The van der Waals surface area contributed by atoms with E-state index in [0.717, 1.165) is 29.1 Å². The monoisotopic (exact) mass is 404 g/mol. The first kappa shape index (κ1) is 20.7. The standard InChI is InChI=1S/C25H24N2O.ClH/c1-5-19-9-11-21(12-10-19)24-25-23(13-14-26-24)17(2)18(3)27(25)16-20-7-6-8-22(15-20)28-4;/h5-15H,1,16H2,2-4H3;1H. The van der Waals surface area contributed by atoms with Crippen LogP contribution in [0.5, 0.6) is 5.75 Å². The van der Waals surface area contributed by atoms with Crippen LogP contribution in [0.3, 0.4) is 0 Å². The van der Waals surface area contributed by atoms with Gasteiger partial charge in [0, 0.05) is 29.4 Å². The summed E-state index contributed by atoms with van der Waals surface area (Å²) in [4.78, 5) is 4.75. The number of aromatic nitrogens is 2. The molecule has 148 valence electrons. The Hall–Kier alpha value is -3.04. The molecule has 4 aromatic rings. The molecule has 0 aliphatic carbocycles. The van der Waals surface area contributed by atoms with Gasteiger partial charge in [0.05, 0.1) is 18.3 Å². The molecule has 2 heterocycles. The lowest BCUT2D eigenvalue weighted by molar-refractivity contribution is 0.414. The summed E-state index contributed by atoms with van der Waals surface area (Å²) in [6, 6.07) is 18.8. The van der Waals surface area contributed by atoms with Crippen LogP contribution in [0.25, 0.3) is 28.2 Å². The molecule has 2 aromatic heterocycles. The van der Waals surface area contributed by atoms with Crippen molar-refractivity contribution in [2.75, 3.05) is 7.11 Å². The summed E-state index contributed by atoms with van der Waals surface area (Å²) < 4.78 is 7.76. The van der Waals surface area contributed by atoms with Gasteiger partial charge in [-0.1, -0.05) is 49.1 Å². The first-order valence-electron chi connectivity index (χ1n) is 9.42. The second kappa shape index (κ2) is 8.54. The molecule has 4 rings (SSSR count). The van der Waals surface area contributed by atoms with E-state index in [1.807, 2.05) is 24.4 Å². The Morgan fingerprint density at radius 1 is 1.07 bits per heavy atom. The molecule has 0 saturated heterocycles. The maximum Gasteiger partial charge on any atom is 0.119 e. The van der Waals surface area contributed by atoms with Gasteiger partial charge in [0.15, 0.2) is 0 Å². The molecule has 4 heteroatoms. The van der Waals surface area contributed by atoms with Gasteiger partial charge in [0.25, 0.3) is 0 Å². The summed E-state index contributed by atoms with van der Waals surface area (Å²) in [5.74, 6) is 0.877. The number of methoxy groups -OCH3 is 1. The van der Waals surface area contributed by atoms with Crippen molar-refractivity contribution < 1.29 is 4.74 Å². The van der Waals surface area contributed by atoms with E-state index >= 15 is 0 Å². The molecule has 0 N–H and O–H groups in total. The lowest BCUT2D eigenvalue weighted by Crippen LogP contribution is -2.03. The Bertz CT molecular complexity index is 1160. The van der Waals surface area contributed by atoms with Crippen LogP contribution >= 0.6 is 12.4 Å². The minimum absolute atomic E-state index is 0. The van der Waals surface area contributed by atoms with Crippen LogP contribution in [0.2, 0.25) is 0 Å². The topological polar surface area (TPSA) is 27.1 Å². The number of nitrogens with zero attached hydrogens (tertiary/aromatic N) is 2. The number of benzene rings is 2. The molecule has 0 atom stereocenters. The molecule has 29 heavy (non-hydrogen) atoms. The highest BCUT2D eigenvalue weighted by molar-refractivity contribution is 5.95. The van der Waals surface area contributed by atoms with Crippen LogP contribution in [-0.2, 0) is 6.54 Å². The Kier molecular flexibility index (Phi) is 6.09. The predicted molar refractivity (Wildman–Crippen MR) is 124 cm³/mol. The van der Waals surface area contributed by atoms with E-state index in [9.17, 15) is 0 Å². The quantitative estimate of drug-likeness (QED) is 0.382. The molecule has 0 aliphatic rings. The fourth-order valence-electron chi connectivity index (χ4n) is 3.73. The Morgan fingerprint density at radius 3 is 2.52 bits per heavy atom. The lowest BCUT2D eigenvalue weighted by atomic mass is 10.1. The number of ether oxygens (including phenoxy) is 1. The van der Waals surface area contributed by atoms with Gasteiger partial charge < -0.3 is 9.30 Å². The molecule has 0 bridgehead atoms. The maximum absolute atomic E-state index is 5.40. The van der Waals surface area contributed by atoms with E-state index in [2.05, 4.69) is 67.5 Å². The van der Waals surface area contributed by atoms with Crippen molar-refractivity contribution in [3.05, 3.63) is 89.8 Å². The number of hydrogen-bond acceptors (Lipinski definition) is 2. The van der Waals surface area contributed by atoms with Gasteiger partial charge in [-0.15, -0.1) is 12.4 Å². The molecular formula is C25H25ClN2O. The van der Waals surface area contributed by atoms with Crippen molar-refractivity contribution in [3.63, 3.8) is 0 Å². The molecule has 0 amide bonds. The first-order chi connectivity index (χ1) is 13.6. The van der Waals surface area contributed by atoms with Crippen LogP contribution in [-0.4, -0.2) is 16.7 Å². The minimum atomic E-state index is 0. The normalized spacial score (nSPS) is 10.6. The highest BCUT2D eigenvalue weighted by Gasteiger charge is 2.16. The fraction of sp³-hybridized carbons (Fsp3) is 0.160. The van der Waals surface area contributed by atoms with Crippen molar-refractivity contribution >= 4 is 29.4 Å². The van der Waals surface area contributed by atoms with E-state index in [-0.39, 0.29) is 12.4 Å². The zero-order chi connectivity index (χ0) is 19.7. The second-order valence-electron chi connectivity index (χ2n) is 7.03. The lowest BCUT2D eigenvalue weighted by Gasteiger charge is -2.12. The van der Waals surface area contributed by atoms with Crippen LogP contribution in [0.1, 0.15) is 22.4 Å². The largest absolute Gasteiger partial charge is 0.497 e. The van der Waals surface area contributed by atoms with Gasteiger partial charge in [0.1, 0.15) is 5.75 Å². The van der Waals surface area contributed by atoms with Gasteiger partial charge in [-0.25, -0.2) is 0 Å². The number of fused-ring (bicyclic) bond motifs is 1. The van der Waals surface area contributed by atoms with E-state index < -0.39 is 0 Å². The third-order valence-electron chi connectivity index (χ3n) is 5.44. The molecule has 0 fully saturated rings. The number of hydrogen-bond donors (Lipinski definition) is 0.